The molecule has 3 rings (SSSR count). The molecular formula is C18H17N3O2S2. The first-order chi connectivity index (χ1) is 12.1. The Morgan fingerprint density at radius 3 is 2.64 bits per heavy atom. The van der Waals surface area contributed by atoms with Gasteiger partial charge in [-0.2, -0.15) is 0 Å². The molecule has 0 aliphatic heterocycles. The molecule has 2 heterocycles. The van der Waals surface area contributed by atoms with Gasteiger partial charge >= 0.3 is 0 Å². The molecule has 0 fully saturated rings. The van der Waals surface area contributed by atoms with Crippen molar-refractivity contribution >= 4 is 39.6 Å². The molecule has 128 valence electrons. The average molecular weight is 371 g/mol. The number of rotatable bonds is 6. The molecule has 0 spiro atoms. The first kappa shape index (κ1) is 17.3. The van der Waals surface area contributed by atoms with E-state index in [0.29, 0.717) is 15.7 Å². The van der Waals surface area contributed by atoms with Crippen molar-refractivity contribution in [2.75, 3.05) is 5.32 Å². The fourth-order valence-corrected chi connectivity index (χ4v) is 3.62. The predicted octanol–water partition coefficient (Wildman–Crippen LogP) is 3.88. The van der Waals surface area contributed by atoms with Crippen molar-refractivity contribution in [3.8, 4) is 0 Å². The average Bonchev–Trinajstić information content (AvgIpc) is 3.27. The van der Waals surface area contributed by atoms with Crippen LogP contribution in [0.4, 0.5) is 5.13 Å². The molecule has 2 amide bonds. The number of thiophene rings is 1. The summed E-state index contributed by atoms with van der Waals surface area (Å²) in [6.45, 7) is 1.95. The molecule has 0 saturated carbocycles. The van der Waals surface area contributed by atoms with E-state index in [1.165, 1.54) is 22.7 Å². The Morgan fingerprint density at radius 2 is 1.92 bits per heavy atom. The Labute approximate surface area is 153 Å². The monoisotopic (exact) mass is 371 g/mol. The van der Waals surface area contributed by atoms with Gasteiger partial charge in [0.2, 0.25) is 5.91 Å². The lowest BCUT2D eigenvalue weighted by atomic mass is 10.1. The van der Waals surface area contributed by atoms with Gasteiger partial charge in [-0.15, -0.1) is 22.7 Å². The maximum Gasteiger partial charge on any atom is 0.267 e. The highest BCUT2D eigenvalue weighted by molar-refractivity contribution is 7.14. The third-order valence-electron chi connectivity index (χ3n) is 3.54. The summed E-state index contributed by atoms with van der Waals surface area (Å²) in [4.78, 5) is 29.1. The summed E-state index contributed by atoms with van der Waals surface area (Å²) in [7, 11) is 0. The highest BCUT2D eigenvalue weighted by Crippen LogP contribution is 2.19. The first-order valence-corrected chi connectivity index (χ1v) is 9.51. The third-order valence-corrected chi connectivity index (χ3v) is 5.21. The van der Waals surface area contributed by atoms with Crippen molar-refractivity contribution in [2.24, 2.45) is 0 Å². The molecule has 25 heavy (non-hydrogen) atoms. The van der Waals surface area contributed by atoms with Crippen LogP contribution in [0.3, 0.4) is 0 Å². The fraction of sp³-hybridized carbons (Fsp3) is 0.167. The van der Waals surface area contributed by atoms with E-state index in [9.17, 15) is 9.59 Å². The van der Waals surface area contributed by atoms with Gasteiger partial charge in [0.1, 0.15) is 0 Å². The van der Waals surface area contributed by atoms with Crippen molar-refractivity contribution in [1.82, 2.24) is 10.3 Å². The predicted molar refractivity (Wildman–Crippen MR) is 101 cm³/mol. The van der Waals surface area contributed by atoms with Crippen LogP contribution in [0, 0.1) is 0 Å². The van der Waals surface area contributed by atoms with Crippen molar-refractivity contribution < 1.29 is 9.59 Å². The van der Waals surface area contributed by atoms with Gasteiger partial charge in [0.15, 0.2) is 5.13 Å². The summed E-state index contributed by atoms with van der Waals surface area (Å²) in [6, 6.07) is 13.3. The second kappa shape index (κ2) is 8.04. The van der Waals surface area contributed by atoms with Gasteiger partial charge in [0.25, 0.3) is 5.91 Å². The van der Waals surface area contributed by atoms with Gasteiger partial charge in [-0.1, -0.05) is 36.4 Å². The fourth-order valence-electron chi connectivity index (χ4n) is 2.29. The number of carbonyl (C=O) groups is 2. The molecule has 2 aromatic heterocycles. The third kappa shape index (κ3) is 4.74. The van der Waals surface area contributed by atoms with Crippen LogP contribution in [-0.4, -0.2) is 16.8 Å². The lowest BCUT2D eigenvalue weighted by Crippen LogP contribution is -2.28. The Morgan fingerprint density at radius 1 is 1.12 bits per heavy atom. The quantitative estimate of drug-likeness (QED) is 0.691. The summed E-state index contributed by atoms with van der Waals surface area (Å²) in [6.07, 6.45) is 0.183. The standard InChI is InChI=1S/C18H17N3O2S2/c1-12(13-6-3-2-4-7-13)19-16(22)10-14-11-25-18(20-14)21-17(23)15-8-5-9-24-15/h2-9,11-12H,10H2,1H3,(H,19,22)(H,20,21,23). The van der Waals surface area contributed by atoms with Crippen LogP contribution in [0.15, 0.2) is 53.2 Å². The van der Waals surface area contributed by atoms with Gasteiger partial charge in [0, 0.05) is 5.38 Å². The molecule has 0 bridgehead atoms. The van der Waals surface area contributed by atoms with Crippen LogP contribution in [-0.2, 0) is 11.2 Å². The Balaban J connectivity index is 1.54. The number of amides is 2. The molecule has 1 unspecified atom stereocenters. The smallest absolute Gasteiger partial charge is 0.267 e. The van der Waals surface area contributed by atoms with Crippen molar-refractivity contribution in [3.63, 3.8) is 0 Å². The second-order valence-corrected chi connectivity index (χ2v) is 7.26. The molecule has 0 radical (unpaired) electrons. The van der Waals surface area contributed by atoms with Crippen LogP contribution in [0.2, 0.25) is 0 Å². The van der Waals surface area contributed by atoms with Crippen LogP contribution in [0.5, 0.6) is 0 Å². The van der Waals surface area contributed by atoms with Crippen molar-refractivity contribution in [2.45, 2.75) is 19.4 Å². The molecule has 1 atom stereocenters. The zero-order chi connectivity index (χ0) is 17.6. The van der Waals surface area contributed by atoms with Gasteiger partial charge in [-0.05, 0) is 23.9 Å². The first-order valence-electron chi connectivity index (χ1n) is 7.75. The molecule has 5 nitrogen and oxygen atoms in total. The lowest BCUT2D eigenvalue weighted by Gasteiger charge is -2.13. The van der Waals surface area contributed by atoms with E-state index in [2.05, 4.69) is 15.6 Å². The zero-order valence-corrected chi connectivity index (χ0v) is 15.2. The van der Waals surface area contributed by atoms with Crippen LogP contribution < -0.4 is 10.6 Å². The maximum atomic E-state index is 12.2. The van der Waals surface area contributed by atoms with Crippen molar-refractivity contribution in [3.05, 3.63) is 69.4 Å². The van der Waals surface area contributed by atoms with Crippen LogP contribution >= 0.6 is 22.7 Å². The summed E-state index contributed by atoms with van der Waals surface area (Å²) in [5.41, 5.74) is 1.70. The highest BCUT2D eigenvalue weighted by Gasteiger charge is 2.13. The number of anilines is 1. The summed E-state index contributed by atoms with van der Waals surface area (Å²) in [5.74, 6) is -0.282. The Bertz CT molecular complexity index is 844. The van der Waals surface area contributed by atoms with E-state index in [1.54, 1.807) is 11.4 Å². The van der Waals surface area contributed by atoms with E-state index >= 15 is 0 Å². The van der Waals surface area contributed by atoms with Gasteiger partial charge in [0.05, 0.1) is 23.0 Å². The van der Waals surface area contributed by atoms with E-state index in [-0.39, 0.29) is 24.3 Å². The minimum absolute atomic E-state index is 0.0645. The molecule has 0 saturated heterocycles. The molecule has 7 heteroatoms. The minimum atomic E-state index is -0.182. The highest BCUT2D eigenvalue weighted by atomic mass is 32.1. The molecule has 0 aliphatic rings. The SMILES string of the molecule is CC(NC(=O)Cc1csc(NC(=O)c2cccs2)n1)c1ccccc1. The minimum Gasteiger partial charge on any atom is -0.349 e. The molecule has 3 aromatic rings. The summed E-state index contributed by atoms with van der Waals surface area (Å²) >= 11 is 2.69. The number of aromatic nitrogens is 1. The van der Waals surface area contributed by atoms with Gasteiger partial charge < -0.3 is 5.32 Å². The van der Waals surface area contributed by atoms with E-state index in [0.717, 1.165) is 5.56 Å². The number of carbonyl (C=O) groups excluding carboxylic acids is 2. The Hall–Kier alpha value is -2.51. The lowest BCUT2D eigenvalue weighted by molar-refractivity contribution is -0.121. The van der Waals surface area contributed by atoms with E-state index < -0.39 is 0 Å². The number of hydrogen-bond acceptors (Lipinski definition) is 5. The number of benzene rings is 1. The van der Waals surface area contributed by atoms with Gasteiger partial charge in [-0.25, -0.2) is 4.98 Å². The number of thiazole rings is 1. The second-order valence-electron chi connectivity index (χ2n) is 5.45. The molecule has 2 N–H and O–H groups in total. The summed E-state index contributed by atoms with van der Waals surface area (Å²) in [5, 5.41) is 9.84. The van der Waals surface area contributed by atoms with Crippen LogP contribution in [0.1, 0.15) is 33.9 Å². The normalized spacial score (nSPS) is 11.7. The number of nitrogens with one attached hydrogen (secondary N) is 2. The zero-order valence-electron chi connectivity index (χ0n) is 13.6. The van der Waals surface area contributed by atoms with E-state index in [1.807, 2.05) is 48.7 Å². The number of hydrogen-bond donors (Lipinski definition) is 2. The topological polar surface area (TPSA) is 71.1 Å². The van der Waals surface area contributed by atoms with E-state index in [4.69, 9.17) is 0 Å². The van der Waals surface area contributed by atoms with Crippen LogP contribution in [0.25, 0.3) is 0 Å². The number of nitrogens with zero attached hydrogens (tertiary/aromatic N) is 1. The maximum absolute atomic E-state index is 12.2. The molecular weight excluding hydrogens is 354 g/mol. The van der Waals surface area contributed by atoms with Crippen molar-refractivity contribution in [1.29, 1.82) is 0 Å². The molecule has 0 aliphatic carbocycles. The Kier molecular flexibility index (Phi) is 5.57. The molecule has 1 aromatic carbocycles. The largest absolute Gasteiger partial charge is 0.349 e. The van der Waals surface area contributed by atoms with Gasteiger partial charge in [-0.3, -0.25) is 14.9 Å². The summed E-state index contributed by atoms with van der Waals surface area (Å²) < 4.78 is 0.